The molecule has 2 aromatic carbocycles. The average Bonchev–Trinajstić information content (AvgIpc) is 3.29. The number of hydrogen-bond donors (Lipinski definition) is 3. The van der Waals surface area contributed by atoms with E-state index in [4.69, 9.17) is 4.74 Å². The summed E-state index contributed by atoms with van der Waals surface area (Å²) in [5.41, 5.74) is 5.96. The van der Waals surface area contributed by atoms with Gasteiger partial charge in [0, 0.05) is 31.2 Å². The van der Waals surface area contributed by atoms with E-state index in [2.05, 4.69) is 55.2 Å². The first-order valence-corrected chi connectivity index (χ1v) is 11.7. The van der Waals surface area contributed by atoms with E-state index in [0.717, 1.165) is 41.8 Å². The van der Waals surface area contributed by atoms with Gasteiger partial charge < -0.3 is 20.7 Å². The van der Waals surface area contributed by atoms with Crippen LogP contribution in [0.1, 0.15) is 40.4 Å². The highest BCUT2D eigenvalue weighted by Gasteiger charge is 2.21. The van der Waals surface area contributed by atoms with Crippen molar-refractivity contribution in [2.24, 2.45) is 9.98 Å². The molecule has 35 heavy (non-hydrogen) atoms. The monoisotopic (exact) mass is 468 g/mol. The number of carbonyl (C=O) groups excluding carboxylic acids is 1. The molecule has 3 N–H and O–H groups in total. The summed E-state index contributed by atoms with van der Waals surface area (Å²) in [6.07, 6.45) is 6.21. The van der Waals surface area contributed by atoms with E-state index in [9.17, 15) is 4.79 Å². The summed E-state index contributed by atoms with van der Waals surface area (Å²) < 4.78 is 5.86. The molecule has 5 rings (SSSR count). The van der Waals surface area contributed by atoms with Gasteiger partial charge >= 0.3 is 0 Å². The third-order valence-corrected chi connectivity index (χ3v) is 6.11. The van der Waals surface area contributed by atoms with E-state index in [0.29, 0.717) is 28.7 Å². The number of hydrogen-bond acceptors (Lipinski definition) is 7. The standard InChI is InChI=1S/C27H28N6O2/c1-16-14-30-26(31-16)20-11-18-8-4-6-17-7-5-9-19(10-17)32-24-13-22(21(15-29-24)27(34)28-2)33-23(12-18)25(20)35-3/h5,7,9-16,33H,4,6,8H2,1-3H3,(H,28,34)(H,29,32). The number of nitrogens with one attached hydrogen (secondary N) is 3. The number of pyridine rings is 1. The van der Waals surface area contributed by atoms with Crippen LogP contribution in [0.5, 0.6) is 5.75 Å². The van der Waals surface area contributed by atoms with Crippen molar-refractivity contribution in [1.29, 1.82) is 0 Å². The van der Waals surface area contributed by atoms with Crippen molar-refractivity contribution in [2.45, 2.75) is 32.2 Å². The molecule has 0 aliphatic carbocycles. The number of aromatic nitrogens is 1. The Morgan fingerprint density at radius 2 is 1.94 bits per heavy atom. The first-order chi connectivity index (χ1) is 17.0. The van der Waals surface area contributed by atoms with E-state index >= 15 is 0 Å². The Labute approximate surface area is 204 Å². The molecule has 1 atom stereocenters. The smallest absolute Gasteiger partial charge is 0.254 e. The van der Waals surface area contributed by atoms with E-state index in [1.807, 2.05) is 31.3 Å². The summed E-state index contributed by atoms with van der Waals surface area (Å²) >= 11 is 0. The predicted molar refractivity (Wildman–Crippen MR) is 140 cm³/mol. The molecule has 2 aliphatic heterocycles. The number of benzene rings is 2. The number of aryl methyl sites for hydroxylation is 2. The molecule has 0 saturated carbocycles. The van der Waals surface area contributed by atoms with Crippen LogP contribution in [-0.2, 0) is 12.8 Å². The molecule has 1 unspecified atom stereocenters. The first-order valence-electron chi connectivity index (χ1n) is 11.7. The van der Waals surface area contributed by atoms with Gasteiger partial charge in [-0.15, -0.1) is 0 Å². The summed E-state index contributed by atoms with van der Waals surface area (Å²) in [7, 11) is 3.24. The van der Waals surface area contributed by atoms with Gasteiger partial charge in [0.25, 0.3) is 5.91 Å². The number of fused-ring (bicyclic) bond motifs is 6. The highest BCUT2D eigenvalue weighted by Crippen LogP contribution is 2.36. The molecular weight excluding hydrogens is 440 g/mol. The van der Waals surface area contributed by atoms with E-state index in [1.165, 1.54) is 5.56 Å². The molecule has 1 amide bonds. The topological polar surface area (TPSA) is 100 Å². The molecule has 178 valence electrons. The zero-order valence-corrected chi connectivity index (χ0v) is 20.1. The lowest BCUT2D eigenvalue weighted by molar-refractivity contribution is 0.0963. The van der Waals surface area contributed by atoms with Gasteiger partial charge in [-0.2, -0.15) is 0 Å². The highest BCUT2D eigenvalue weighted by atomic mass is 16.5. The van der Waals surface area contributed by atoms with Gasteiger partial charge in [-0.3, -0.25) is 9.79 Å². The number of methoxy groups -OCH3 is 1. The maximum atomic E-state index is 12.7. The van der Waals surface area contributed by atoms with Crippen molar-refractivity contribution >= 4 is 40.8 Å². The van der Waals surface area contributed by atoms with Crippen molar-refractivity contribution in [1.82, 2.24) is 10.3 Å². The van der Waals surface area contributed by atoms with Crippen LogP contribution in [-0.4, -0.2) is 43.1 Å². The number of ether oxygens (including phenoxy) is 1. The summed E-state index contributed by atoms with van der Waals surface area (Å²) in [5.74, 6) is 1.67. The largest absolute Gasteiger partial charge is 0.494 e. The summed E-state index contributed by atoms with van der Waals surface area (Å²) in [5, 5.41) is 9.51. The van der Waals surface area contributed by atoms with Crippen LogP contribution in [0.2, 0.25) is 0 Å². The van der Waals surface area contributed by atoms with E-state index in [1.54, 1.807) is 20.4 Å². The van der Waals surface area contributed by atoms with Gasteiger partial charge in [0.2, 0.25) is 0 Å². The lowest BCUT2D eigenvalue weighted by atomic mass is 9.99. The van der Waals surface area contributed by atoms with Crippen molar-refractivity contribution in [3.8, 4) is 5.75 Å². The normalized spacial score (nSPS) is 16.4. The van der Waals surface area contributed by atoms with Crippen molar-refractivity contribution in [2.75, 3.05) is 24.8 Å². The summed E-state index contributed by atoms with van der Waals surface area (Å²) in [6, 6.07) is 14.4. The van der Waals surface area contributed by atoms with Crippen molar-refractivity contribution in [3.63, 3.8) is 0 Å². The fourth-order valence-electron chi connectivity index (χ4n) is 4.43. The van der Waals surface area contributed by atoms with Gasteiger partial charge in [0.05, 0.1) is 35.7 Å². The molecule has 6 bridgehead atoms. The lowest BCUT2D eigenvalue weighted by Gasteiger charge is -2.19. The van der Waals surface area contributed by atoms with Crippen molar-refractivity contribution in [3.05, 3.63) is 70.9 Å². The maximum Gasteiger partial charge on any atom is 0.254 e. The van der Waals surface area contributed by atoms with Gasteiger partial charge in [0.1, 0.15) is 5.82 Å². The molecular formula is C27H28N6O2. The highest BCUT2D eigenvalue weighted by molar-refractivity contribution is 6.10. The number of nitrogens with zero attached hydrogens (tertiary/aromatic N) is 3. The molecule has 2 aliphatic rings. The van der Waals surface area contributed by atoms with Gasteiger partial charge in [-0.1, -0.05) is 12.1 Å². The van der Waals surface area contributed by atoms with Crippen molar-refractivity contribution < 1.29 is 9.53 Å². The second-order valence-electron chi connectivity index (χ2n) is 8.69. The zero-order valence-electron chi connectivity index (χ0n) is 20.1. The molecule has 3 heterocycles. The molecule has 8 nitrogen and oxygen atoms in total. The second-order valence-corrected chi connectivity index (χ2v) is 8.69. The van der Waals surface area contributed by atoms with Gasteiger partial charge in [0.15, 0.2) is 11.6 Å². The number of amides is 1. The van der Waals surface area contributed by atoms with Crippen LogP contribution in [0.4, 0.5) is 22.9 Å². The summed E-state index contributed by atoms with van der Waals surface area (Å²) in [6.45, 7) is 2.00. The van der Waals surface area contributed by atoms with Gasteiger partial charge in [-0.05, 0) is 61.6 Å². The Bertz CT molecular complexity index is 1350. The van der Waals surface area contributed by atoms with Crippen LogP contribution in [0.3, 0.4) is 0 Å². The number of rotatable bonds is 3. The minimum absolute atomic E-state index is 0.0218. The maximum absolute atomic E-state index is 12.7. The van der Waals surface area contributed by atoms with Crippen LogP contribution in [0.15, 0.2) is 58.6 Å². The van der Waals surface area contributed by atoms with Crippen LogP contribution >= 0.6 is 0 Å². The van der Waals surface area contributed by atoms with E-state index < -0.39 is 0 Å². The molecule has 1 aromatic heterocycles. The zero-order chi connectivity index (χ0) is 24.4. The molecule has 8 heteroatoms. The first kappa shape index (κ1) is 22.6. The quantitative estimate of drug-likeness (QED) is 0.520. The Kier molecular flexibility index (Phi) is 6.18. The Morgan fingerprint density at radius 1 is 1.09 bits per heavy atom. The minimum Gasteiger partial charge on any atom is -0.494 e. The predicted octanol–water partition coefficient (Wildman–Crippen LogP) is 4.65. The second kappa shape index (κ2) is 9.58. The number of carbonyl (C=O) groups is 1. The lowest BCUT2D eigenvalue weighted by Crippen LogP contribution is -2.20. The molecule has 0 saturated heterocycles. The summed E-state index contributed by atoms with van der Waals surface area (Å²) in [4.78, 5) is 26.3. The van der Waals surface area contributed by atoms with E-state index in [-0.39, 0.29) is 11.9 Å². The fourth-order valence-corrected chi connectivity index (χ4v) is 4.43. The fraction of sp³-hybridized carbons (Fsp3) is 0.259. The Balaban J connectivity index is 1.68. The molecule has 0 spiro atoms. The Morgan fingerprint density at radius 3 is 2.71 bits per heavy atom. The SMILES string of the molecule is CNC(=O)c1cnc2cc1Nc1cc(cc(C3=NC(C)C=N3)c1OC)CCCc1cccc(c1)N2. The third kappa shape index (κ3) is 4.73. The number of anilines is 4. The van der Waals surface area contributed by atoms with Crippen LogP contribution < -0.4 is 20.7 Å². The third-order valence-electron chi connectivity index (χ3n) is 6.11. The molecule has 0 radical (unpaired) electrons. The molecule has 0 fully saturated rings. The van der Waals surface area contributed by atoms with Gasteiger partial charge in [-0.25, -0.2) is 9.98 Å². The minimum atomic E-state index is -0.233. The molecule has 3 aromatic rings. The average molecular weight is 469 g/mol. The number of aliphatic imine (C=N–C) groups is 2. The Hall–Kier alpha value is -4.20. The van der Waals surface area contributed by atoms with Crippen LogP contribution in [0, 0.1) is 0 Å². The van der Waals surface area contributed by atoms with Crippen LogP contribution in [0.25, 0.3) is 0 Å². The number of amidine groups is 1.